The highest BCUT2D eigenvalue weighted by Gasteiger charge is 2.37. The zero-order chi connectivity index (χ0) is 23.6. The lowest BCUT2D eigenvalue weighted by molar-refractivity contribution is 0.298. The summed E-state index contributed by atoms with van der Waals surface area (Å²) in [6, 6.07) is 32.1. The van der Waals surface area contributed by atoms with Crippen LogP contribution < -0.4 is 5.32 Å². The van der Waals surface area contributed by atoms with Gasteiger partial charge < -0.3 is 5.32 Å². The predicted molar refractivity (Wildman–Crippen MR) is 143 cm³/mol. The first-order valence-corrected chi connectivity index (χ1v) is 11.8. The lowest BCUT2D eigenvalue weighted by atomic mass is 10.1. The molecular formula is C31H22N4. The summed E-state index contributed by atoms with van der Waals surface area (Å²) in [5.74, 6) is -0.735. The van der Waals surface area contributed by atoms with Crippen molar-refractivity contribution in [3.8, 4) is 6.07 Å². The summed E-state index contributed by atoms with van der Waals surface area (Å²) in [5.41, 5.74) is 6.33. The highest BCUT2D eigenvalue weighted by atomic mass is 15.4. The summed E-state index contributed by atoms with van der Waals surface area (Å²) >= 11 is 0. The standard InChI is InChI=1S/C31H22N4/c1-21-12-14-29-25(18-21)26-19-22(20-32)13-15-30(26)35(29)31(16-6-7-17-33-31)34-27-10-4-2-8-23(27)24-9-3-5-11-28(24)34/h2-19,33H,1H3. The Balaban J connectivity index is 1.71. The maximum atomic E-state index is 9.62. The zero-order valence-corrected chi connectivity index (χ0v) is 19.2. The third-order valence-electron chi connectivity index (χ3n) is 7.14. The Kier molecular flexibility index (Phi) is 4.01. The number of dihydropyridines is 1. The van der Waals surface area contributed by atoms with E-state index < -0.39 is 5.79 Å². The molecule has 0 fully saturated rings. The van der Waals surface area contributed by atoms with Crippen LogP contribution in [0.4, 0.5) is 0 Å². The smallest absolute Gasteiger partial charge is 0.218 e. The van der Waals surface area contributed by atoms with Gasteiger partial charge in [-0.25, -0.2) is 0 Å². The largest absolute Gasteiger partial charge is 0.348 e. The number of para-hydroxylation sites is 2. The van der Waals surface area contributed by atoms with Gasteiger partial charge in [0.1, 0.15) is 0 Å². The van der Waals surface area contributed by atoms with E-state index in [1.165, 1.54) is 16.3 Å². The number of rotatable bonds is 2. The van der Waals surface area contributed by atoms with Gasteiger partial charge in [-0.3, -0.25) is 9.13 Å². The van der Waals surface area contributed by atoms with E-state index in [4.69, 9.17) is 0 Å². The van der Waals surface area contributed by atoms with Gasteiger partial charge in [0, 0.05) is 27.7 Å². The fourth-order valence-electron chi connectivity index (χ4n) is 5.71. The Hall–Kier alpha value is -4.75. The van der Waals surface area contributed by atoms with Gasteiger partial charge in [-0.05, 0) is 61.5 Å². The van der Waals surface area contributed by atoms with Gasteiger partial charge in [-0.1, -0.05) is 54.1 Å². The minimum atomic E-state index is -0.735. The summed E-state index contributed by atoms with van der Waals surface area (Å²) in [6.07, 6.45) is 8.37. The molecule has 0 amide bonds. The minimum Gasteiger partial charge on any atom is -0.348 e. The first-order valence-electron chi connectivity index (χ1n) is 11.8. The quantitative estimate of drug-likeness (QED) is 0.311. The fraction of sp³-hybridized carbons (Fsp3) is 0.0645. The number of hydrogen-bond acceptors (Lipinski definition) is 2. The molecule has 1 N–H and O–H groups in total. The molecule has 4 nitrogen and oxygen atoms in total. The number of nitriles is 1. The van der Waals surface area contributed by atoms with Crippen molar-refractivity contribution in [3.05, 3.63) is 120 Å². The van der Waals surface area contributed by atoms with Gasteiger partial charge in [-0.2, -0.15) is 5.26 Å². The number of fused-ring (bicyclic) bond motifs is 6. The lowest BCUT2D eigenvalue weighted by Gasteiger charge is -2.38. The molecule has 7 rings (SSSR count). The van der Waals surface area contributed by atoms with Gasteiger partial charge in [0.05, 0.1) is 33.7 Å². The van der Waals surface area contributed by atoms with E-state index in [1.54, 1.807) is 0 Å². The van der Waals surface area contributed by atoms with E-state index in [0.29, 0.717) is 5.56 Å². The summed E-state index contributed by atoms with van der Waals surface area (Å²) in [5, 5.41) is 18.0. The number of benzene rings is 4. The van der Waals surface area contributed by atoms with Crippen molar-refractivity contribution >= 4 is 43.6 Å². The maximum Gasteiger partial charge on any atom is 0.218 e. The topological polar surface area (TPSA) is 45.7 Å². The van der Waals surface area contributed by atoms with Crippen LogP contribution in [0, 0.1) is 18.3 Å². The average molecular weight is 451 g/mol. The van der Waals surface area contributed by atoms with E-state index >= 15 is 0 Å². The molecule has 2 aromatic heterocycles. The molecule has 1 aliphatic heterocycles. The van der Waals surface area contributed by atoms with E-state index in [1.807, 2.05) is 24.4 Å². The van der Waals surface area contributed by atoms with Gasteiger partial charge in [0.25, 0.3) is 0 Å². The van der Waals surface area contributed by atoms with Gasteiger partial charge in [-0.15, -0.1) is 0 Å². The van der Waals surface area contributed by atoms with Crippen LogP contribution >= 0.6 is 0 Å². The Morgan fingerprint density at radius 1 is 0.686 bits per heavy atom. The lowest BCUT2D eigenvalue weighted by Crippen LogP contribution is -2.50. The minimum absolute atomic E-state index is 0.663. The van der Waals surface area contributed by atoms with Crippen LogP contribution in [0.1, 0.15) is 11.1 Å². The molecular weight excluding hydrogens is 428 g/mol. The SMILES string of the molecule is Cc1ccc2c(c1)c1cc(C#N)ccc1n2C1(n2c3ccccc3c3ccccc32)C=CC=CN1. The molecule has 0 saturated carbocycles. The molecule has 1 aliphatic rings. The highest BCUT2D eigenvalue weighted by molar-refractivity contribution is 6.10. The van der Waals surface area contributed by atoms with Gasteiger partial charge in [0.15, 0.2) is 0 Å². The number of nitrogens with zero attached hydrogens (tertiary/aromatic N) is 3. The van der Waals surface area contributed by atoms with Crippen LogP contribution in [0.3, 0.4) is 0 Å². The Bertz CT molecular complexity index is 1850. The molecule has 35 heavy (non-hydrogen) atoms. The summed E-state index contributed by atoms with van der Waals surface area (Å²) in [7, 11) is 0. The molecule has 4 aromatic carbocycles. The first-order chi connectivity index (χ1) is 17.2. The molecule has 1 atom stereocenters. The van der Waals surface area contributed by atoms with Crippen molar-refractivity contribution in [2.24, 2.45) is 0 Å². The summed E-state index contributed by atoms with van der Waals surface area (Å²) in [4.78, 5) is 0. The molecule has 166 valence electrons. The summed E-state index contributed by atoms with van der Waals surface area (Å²) < 4.78 is 4.77. The number of nitrogens with one attached hydrogen (secondary N) is 1. The van der Waals surface area contributed by atoms with Crippen LogP contribution in [0.15, 0.2) is 109 Å². The number of aromatic nitrogens is 2. The van der Waals surface area contributed by atoms with Crippen molar-refractivity contribution in [1.29, 1.82) is 5.26 Å². The Morgan fingerprint density at radius 2 is 1.29 bits per heavy atom. The van der Waals surface area contributed by atoms with Crippen molar-refractivity contribution in [1.82, 2.24) is 14.5 Å². The second kappa shape index (κ2) is 7.12. The van der Waals surface area contributed by atoms with Crippen molar-refractivity contribution < 1.29 is 0 Å². The van der Waals surface area contributed by atoms with Crippen molar-refractivity contribution in [3.63, 3.8) is 0 Å². The highest BCUT2D eigenvalue weighted by Crippen LogP contribution is 2.41. The predicted octanol–water partition coefficient (Wildman–Crippen LogP) is 6.91. The number of aryl methyl sites for hydroxylation is 1. The van der Waals surface area contributed by atoms with E-state index in [0.717, 1.165) is 32.8 Å². The third-order valence-corrected chi connectivity index (χ3v) is 7.14. The van der Waals surface area contributed by atoms with Gasteiger partial charge >= 0.3 is 0 Å². The second-order valence-electron chi connectivity index (χ2n) is 9.16. The molecule has 0 saturated heterocycles. The van der Waals surface area contributed by atoms with Crippen LogP contribution in [-0.2, 0) is 5.79 Å². The Labute approximate surface area is 202 Å². The number of allylic oxidation sites excluding steroid dienone is 2. The summed E-state index contributed by atoms with van der Waals surface area (Å²) in [6.45, 7) is 2.11. The monoisotopic (exact) mass is 450 g/mol. The second-order valence-corrected chi connectivity index (χ2v) is 9.16. The zero-order valence-electron chi connectivity index (χ0n) is 19.2. The fourth-order valence-corrected chi connectivity index (χ4v) is 5.71. The van der Waals surface area contributed by atoms with Crippen LogP contribution in [0.5, 0.6) is 0 Å². The average Bonchev–Trinajstić information content (AvgIpc) is 3.42. The third kappa shape index (κ3) is 2.61. The molecule has 0 radical (unpaired) electrons. The molecule has 4 heteroatoms. The first kappa shape index (κ1) is 19.7. The van der Waals surface area contributed by atoms with Crippen molar-refractivity contribution in [2.75, 3.05) is 0 Å². The molecule has 0 spiro atoms. The van der Waals surface area contributed by atoms with Crippen LogP contribution in [0.2, 0.25) is 0 Å². The number of hydrogen-bond donors (Lipinski definition) is 1. The van der Waals surface area contributed by atoms with E-state index in [2.05, 4.69) is 112 Å². The van der Waals surface area contributed by atoms with Gasteiger partial charge in [0.2, 0.25) is 5.79 Å². The molecule has 0 aliphatic carbocycles. The molecule has 3 heterocycles. The molecule has 0 bridgehead atoms. The molecule has 1 unspecified atom stereocenters. The molecule has 6 aromatic rings. The van der Waals surface area contributed by atoms with E-state index in [-0.39, 0.29) is 0 Å². The maximum absolute atomic E-state index is 9.62. The van der Waals surface area contributed by atoms with E-state index in [9.17, 15) is 5.26 Å². The van der Waals surface area contributed by atoms with Crippen molar-refractivity contribution in [2.45, 2.75) is 12.7 Å². The van der Waals surface area contributed by atoms with Crippen LogP contribution in [-0.4, -0.2) is 9.13 Å². The Morgan fingerprint density at radius 3 is 1.91 bits per heavy atom. The van der Waals surface area contributed by atoms with Crippen LogP contribution in [0.25, 0.3) is 43.6 Å². The normalized spacial score (nSPS) is 17.4.